The average molecular weight is 382 g/mol. The molecular weight excluding hydrogens is 363 g/mol. The Balaban J connectivity index is 1.47. The lowest BCUT2D eigenvalue weighted by atomic mass is 10.1. The second-order valence-electron chi connectivity index (χ2n) is 5.89. The Bertz CT molecular complexity index is 937. The molecule has 0 bridgehead atoms. The molecule has 1 amide bonds. The summed E-state index contributed by atoms with van der Waals surface area (Å²) >= 11 is 1.25. The van der Waals surface area contributed by atoms with Gasteiger partial charge in [-0.05, 0) is 41.8 Å². The van der Waals surface area contributed by atoms with E-state index in [0.29, 0.717) is 17.5 Å². The monoisotopic (exact) mass is 382 g/mol. The van der Waals surface area contributed by atoms with Crippen molar-refractivity contribution < 1.29 is 9.18 Å². The number of aromatic amines is 1. The SMILES string of the molecule is Cc1ccccc1C=Cc1nc(SCC(=O)NCc2ccc(F)cc2)n[nH]1. The summed E-state index contributed by atoms with van der Waals surface area (Å²) in [5.74, 6) is 0.413. The van der Waals surface area contributed by atoms with Crippen LogP contribution in [0.1, 0.15) is 22.5 Å². The Morgan fingerprint density at radius 1 is 1.19 bits per heavy atom. The number of H-pyrrole nitrogens is 1. The first-order valence-electron chi connectivity index (χ1n) is 8.40. The minimum atomic E-state index is -0.294. The molecule has 0 aliphatic rings. The number of nitrogens with one attached hydrogen (secondary N) is 2. The molecule has 1 aromatic heterocycles. The van der Waals surface area contributed by atoms with Crippen LogP contribution in [0.4, 0.5) is 4.39 Å². The van der Waals surface area contributed by atoms with Crippen molar-refractivity contribution in [2.24, 2.45) is 0 Å². The zero-order valence-electron chi connectivity index (χ0n) is 14.8. The van der Waals surface area contributed by atoms with Gasteiger partial charge in [0.25, 0.3) is 0 Å². The van der Waals surface area contributed by atoms with Crippen LogP contribution < -0.4 is 5.32 Å². The summed E-state index contributed by atoms with van der Waals surface area (Å²) in [6.07, 6.45) is 3.83. The van der Waals surface area contributed by atoms with Crippen molar-refractivity contribution in [3.8, 4) is 0 Å². The molecule has 27 heavy (non-hydrogen) atoms. The Labute approximate surface area is 161 Å². The molecule has 138 valence electrons. The number of amides is 1. The summed E-state index contributed by atoms with van der Waals surface area (Å²) in [5, 5.41) is 10.2. The highest BCUT2D eigenvalue weighted by atomic mass is 32.2. The van der Waals surface area contributed by atoms with E-state index in [1.165, 1.54) is 29.5 Å². The highest BCUT2D eigenvalue weighted by molar-refractivity contribution is 7.99. The zero-order chi connectivity index (χ0) is 19.1. The van der Waals surface area contributed by atoms with E-state index in [-0.39, 0.29) is 17.5 Å². The van der Waals surface area contributed by atoms with Crippen LogP contribution in [0.5, 0.6) is 0 Å². The van der Waals surface area contributed by atoms with Crippen LogP contribution in [0.2, 0.25) is 0 Å². The topological polar surface area (TPSA) is 70.7 Å². The van der Waals surface area contributed by atoms with Gasteiger partial charge in [-0.1, -0.05) is 54.2 Å². The number of carbonyl (C=O) groups excluding carboxylic acids is 1. The number of rotatable bonds is 7. The summed E-state index contributed by atoms with van der Waals surface area (Å²) in [7, 11) is 0. The van der Waals surface area contributed by atoms with Crippen molar-refractivity contribution in [3.63, 3.8) is 0 Å². The first kappa shape index (κ1) is 18.8. The lowest BCUT2D eigenvalue weighted by Crippen LogP contribution is -2.24. The Hall–Kier alpha value is -2.93. The Morgan fingerprint density at radius 2 is 1.96 bits per heavy atom. The molecule has 0 saturated carbocycles. The van der Waals surface area contributed by atoms with Gasteiger partial charge in [-0.25, -0.2) is 9.37 Å². The van der Waals surface area contributed by atoms with Crippen molar-refractivity contribution in [2.75, 3.05) is 5.75 Å². The van der Waals surface area contributed by atoms with Crippen LogP contribution in [-0.4, -0.2) is 26.8 Å². The van der Waals surface area contributed by atoms with Crippen LogP contribution >= 0.6 is 11.8 Å². The van der Waals surface area contributed by atoms with E-state index in [4.69, 9.17) is 0 Å². The van der Waals surface area contributed by atoms with E-state index in [1.54, 1.807) is 12.1 Å². The van der Waals surface area contributed by atoms with Gasteiger partial charge in [-0.3, -0.25) is 9.89 Å². The third kappa shape index (κ3) is 5.79. The van der Waals surface area contributed by atoms with E-state index < -0.39 is 0 Å². The number of nitrogens with zero attached hydrogens (tertiary/aromatic N) is 2. The summed E-state index contributed by atoms with van der Waals surface area (Å²) in [5.41, 5.74) is 3.14. The number of aromatic nitrogens is 3. The van der Waals surface area contributed by atoms with Crippen LogP contribution in [-0.2, 0) is 11.3 Å². The van der Waals surface area contributed by atoms with Gasteiger partial charge < -0.3 is 5.32 Å². The molecule has 0 fully saturated rings. The minimum absolute atomic E-state index is 0.133. The smallest absolute Gasteiger partial charge is 0.230 e. The quantitative estimate of drug-likeness (QED) is 0.609. The molecule has 2 aromatic carbocycles. The molecule has 0 aliphatic heterocycles. The molecule has 0 saturated heterocycles. The van der Waals surface area contributed by atoms with Crippen molar-refractivity contribution in [1.82, 2.24) is 20.5 Å². The largest absolute Gasteiger partial charge is 0.351 e. The van der Waals surface area contributed by atoms with E-state index in [0.717, 1.165) is 11.1 Å². The molecule has 2 N–H and O–H groups in total. The van der Waals surface area contributed by atoms with Gasteiger partial charge in [0.05, 0.1) is 5.75 Å². The van der Waals surface area contributed by atoms with Crippen LogP contribution in [0.15, 0.2) is 53.7 Å². The molecule has 0 unspecified atom stereocenters. The molecule has 1 heterocycles. The molecule has 7 heteroatoms. The standard InChI is InChI=1S/C20H19FN4OS/c1-14-4-2-3-5-16(14)8-11-18-23-20(25-24-18)27-13-19(26)22-12-15-6-9-17(21)10-7-15/h2-11H,12-13H2,1H3,(H,22,26)(H,23,24,25). The number of carbonyl (C=O) groups is 1. The van der Waals surface area contributed by atoms with Crippen LogP contribution in [0.25, 0.3) is 12.2 Å². The normalized spacial score (nSPS) is 11.0. The van der Waals surface area contributed by atoms with Crippen molar-refractivity contribution in [2.45, 2.75) is 18.6 Å². The van der Waals surface area contributed by atoms with Gasteiger partial charge in [-0.2, -0.15) is 0 Å². The average Bonchev–Trinajstić information content (AvgIpc) is 3.13. The minimum Gasteiger partial charge on any atom is -0.351 e. The van der Waals surface area contributed by atoms with E-state index in [1.807, 2.05) is 43.3 Å². The molecular formula is C20H19FN4OS. The maximum Gasteiger partial charge on any atom is 0.230 e. The van der Waals surface area contributed by atoms with E-state index in [9.17, 15) is 9.18 Å². The summed E-state index contributed by atoms with van der Waals surface area (Å²) in [6.45, 7) is 2.41. The van der Waals surface area contributed by atoms with Crippen molar-refractivity contribution >= 4 is 29.8 Å². The Morgan fingerprint density at radius 3 is 2.74 bits per heavy atom. The highest BCUT2D eigenvalue weighted by Gasteiger charge is 2.07. The lowest BCUT2D eigenvalue weighted by Gasteiger charge is -2.04. The Kier molecular flexibility index (Phi) is 6.38. The lowest BCUT2D eigenvalue weighted by molar-refractivity contribution is -0.118. The number of benzene rings is 2. The number of thioether (sulfide) groups is 1. The van der Waals surface area contributed by atoms with Crippen molar-refractivity contribution in [1.29, 1.82) is 0 Å². The first-order chi connectivity index (χ1) is 13.1. The molecule has 0 spiro atoms. The van der Waals surface area contributed by atoms with E-state index in [2.05, 4.69) is 20.5 Å². The van der Waals surface area contributed by atoms with Crippen molar-refractivity contribution in [3.05, 3.63) is 76.9 Å². The molecule has 0 radical (unpaired) electrons. The fraction of sp³-hybridized carbons (Fsp3) is 0.150. The third-order valence-corrected chi connectivity index (χ3v) is 4.67. The van der Waals surface area contributed by atoms with E-state index >= 15 is 0 Å². The maximum absolute atomic E-state index is 12.9. The predicted molar refractivity (Wildman–Crippen MR) is 105 cm³/mol. The molecule has 3 rings (SSSR count). The van der Waals surface area contributed by atoms with Crippen LogP contribution in [0, 0.1) is 12.7 Å². The third-order valence-electron chi connectivity index (χ3n) is 3.83. The molecule has 0 atom stereocenters. The summed E-state index contributed by atoms with van der Waals surface area (Å²) in [4.78, 5) is 16.3. The maximum atomic E-state index is 12.9. The summed E-state index contributed by atoms with van der Waals surface area (Å²) < 4.78 is 12.9. The number of hydrogen-bond acceptors (Lipinski definition) is 4. The van der Waals surface area contributed by atoms with Gasteiger partial charge in [0.15, 0.2) is 0 Å². The number of aryl methyl sites for hydroxylation is 1. The van der Waals surface area contributed by atoms with Gasteiger partial charge >= 0.3 is 0 Å². The first-order valence-corrected chi connectivity index (χ1v) is 9.39. The predicted octanol–water partition coefficient (Wildman–Crippen LogP) is 3.83. The van der Waals surface area contributed by atoms with Crippen LogP contribution in [0.3, 0.4) is 0 Å². The fourth-order valence-corrected chi connectivity index (χ4v) is 2.96. The van der Waals surface area contributed by atoms with Gasteiger partial charge in [0.2, 0.25) is 11.1 Å². The van der Waals surface area contributed by atoms with Gasteiger partial charge in [0.1, 0.15) is 11.6 Å². The number of halogens is 1. The second kappa shape index (κ2) is 9.14. The molecule has 3 aromatic rings. The van der Waals surface area contributed by atoms with Gasteiger partial charge in [-0.15, -0.1) is 5.10 Å². The molecule has 5 nitrogen and oxygen atoms in total. The number of hydrogen-bond donors (Lipinski definition) is 2. The van der Waals surface area contributed by atoms with Gasteiger partial charge in [0, 0.05) is 6.54 Å². The zero-order valence-corrected chi connectivity index (χ0v) is 15.6. The summed E-state index contributed by atoms with van der Waals surface area (Å²) in [6, 6.07) is 14.1. The fourth-order valence-electron chi connectivity index (χ4n) is 2.32. The molecule has 0 aliphatic carbocycles. The highest BCUT2D eigenvalue weighted by Crippen LogP contribution is 2.14. The second-order valence-corrected chi connectivity index (χ2v) is 6.83.